The number of hydrogen-bond donors (Lipinski definition) is 1. The summed E-state index contributed by atoms with van der Waals surface area (Å²) < 4.78 is 22.9. The summed E-state index contributed by atoms with van der Waals surface area (Å²) in [4.78, 5) is 16.9. The van der Waals surface area contributed by atoms with Crippen molar-refractivity contribution < 1.29 is 13.2 Å². The Morgan fingerprint density at radius 2 is 1.76 bits per heavy atom. The van der Waals surface area contributed by atoms with Crippen molar-refractivity contribution in [3.8, 4) is 10.6 Å². The van der Waals surface area contributed by atoms with Gasteiger partial charge in [-0.15, -0.1) is 11.3 Å². The van der Waals surface area contributed by atoms with Crippen LogP contribution < -0.4 is 5.32 Å². The van der Waals surface area contributed by atoms with Crippen molar-refractivity contribution in [2.45, 2.75) is 11.3 Å². The molecular weight excluding hydrogens is 356 g/mol. The molecule has 0 aliphatic carbocycles. The van der Waals surface area contributed by atoms with Crippen molar-refractivity contribution in [1.29, 1.82) is 0 Å². The zero-order chi connectivity index (χ0) is 17.9. The highest BCUT2D eigenvalue weighted by Crippen LogP contribution is 2.23. The summed E-state index contributed by atoms with van der Waals surface area (Å²) in [6, 6.07) is 15.9. The summed E-state index contributed by atoms with van der Waals surface area (Å²) in [6.07, 6.45) is 1.31. The summed E-state index contributed by atoms with van der Waals surface area (Å²) in [5.41, 5.74) is 2.28. The number of anilines is 1. The minimum atomic E-state index is -3.24. The van der Waals surface area contributed by atoms with Crippen LogP contribution in [0.4, 0.5) is 5.69 Å². The van der Waals surface area contributed by atoms with E-state index in [1.807, 2.05) is 35.7 Å². The van der Waals surface area contributed by atoms with Gasteiger partial charge in [0.25, 0.3) is 0 Å². The highest BCUT2D eigenvalue weighted by Gasteiger charge is 2.10. The molecule has 0 unspecified atom stereocenters. The van der Waals surface area contributed by atoms with Gasteiger partial charge in [0, 0.05) is 22.9 Å². The maximum atomic E-state index is 12.1. The first-order valence-electron chi connectivity index (χ1n) is 7.51. The topological polar surface area (TPSA) is 76.1 Å². The number of nitrogens with one attached hydrogen (secondary N) is 1. The largest absolute Gasteiger partial charge is 0.326 e. The molecule has 0 bridgehead atoms. The van der Waals surface area contributed by atoms with E-state index in [1.54, 1.807) is 12.1 Å². The highest BCUT2D eigenvalue weighted by molar-refractivity contribution is 7.90. The summed E-state index contributed by atoms with van der Waals surface area (Å²) in [6.45, 7) is 0. The fourth-order valence-electron chi connectivity index (χ4n) is 2.26. The number of aromatic nitrogens is 1. The Kier molecular flexibility index (Phi) is 4.96. The lowest BCUT2D eigenvalue weighted by Crippen LogP contribution is -2.14. The van der Waals surface area contributed by atoms with Gasteiger partial charge in [0.2, 0.25) is 5.91 Å². The fraction of sp³-hybridized carbons (Fsp3) is 0.111. The number of thiazole rings is 1. The van der Waals surface area contributed by atoms with Gasteiger partial charge in [-0.05, 0) is 24.3 Å². The molecule has 25 heavy (non-hydrogen) atoms. The first-order valence-corrected chi connectivity index (χ1v) is 10.3. The second-order valence-electron chi connectivity index (χ2n) is 5.53. The molecular formula is C18H16N2O3S2. The van der Waals surface area contributed by atoms with E-state index in [-0.39, 0.29) is 17.2 Å². The molecule has 2 aromatic carbocycles. The third-order valence-corrected chi connectivity index (χ3v) is 5.55. The molecule has 5 nitrogen and oxygen atoms in total. The number of sulfone groups is 1. The lowest BCUT2D eigenvalue weighted by molar-refractivity contribution is -0.115. The van der Waals surface area contributed by atoms with Gasteiger partial charge < -0.3 is 5.32 Å². The minimum Gasteiger partial charge on any atom is -0.326 e. The van der Waals surface area contributed by atoms with Crippen LogP contribution in [0.15, 0.2) is 64.9 Å². The summed E-state index contributed by atoms with van der Waals surface area (Å²) in [5, 5.41) is 5.49. The monoisotopic (exact) mass is 372 g/mol. The van der Waals surface area contributed by atoms with Crippen molar-refractivity contribution in [2.75, 3.05) is 11.6 Å². The van der Waals surface area contributed by atoms with Crippen LogP contribution in [0.25, 0.3) is 10.6 Å². The molecule has 0 spiro atoms. The molecule has 3 rings (SSSR count). The van der Waals surface area contributed by atoms with Crippen LogP contribution in [0.3, 0.4) is 0 Å². The van der Waals surface area contributed by atoms with Crippen LogP contribution in [0.5, 0.6) is 0 Å². The summed E-state index contributed by atoms with van der Waals surface area (Å²) in [7, 11) is -3.24. The van der Waals surface area contributed by atoms with Crippen LogP contribution in [0.2, 0.25) is 0 Å². The van der Waals surface area contributed by atoms with Gasteiger partial charge in [-0.25, -0.2) is 13.4 Å². The van der Waals surface area contributed by atoms with E-state index in [0.29, 0.717) is 11.4 Å². The van der Waals surface area contributed by atoms with E-state index in [2.05, 4.69) is 10.3 Å². The van der Waals surface area contributed by atoms with E-state index >= 15 is 0 Å². The van der Waals surface area contributed by atoms with E-state index < -0.39 is 9.84 Å². The Morgan fingerprint density at radius 1 is 1.08 bits per heavy atom. The van der Waals surface area contributed by atoms with Gasteiger partial charge in [0.05, 0.1) is 17.0 Å². The molecule has 0 saturated heterocycles. The molecule has 128 valence electrons. The molecule has 1 heterocycles. The van der Waals surface area contributed by atoms with Gasteiger partial charge >= 0.3 is 0 Å². The summed E-state index contributed by atoms with van der Waals surface area (Å²) >= 11 is 1.50. The molecule has 7 heteroatoms. The number of amides is 1. The van der Waals surface area contributed by atoms with Gasteiger partial charge in [-0.2, -0.15) is 0 Å². The second kappa shape index (κ2) is 7.16. The SMILES string of the molecule is CS(=O)(=O)c1ccc(NC(=O)Cc2csc(-c3ccccc3)n2)cc1. The maximum Gasteiger partial charge on any atom is 0.230 e. The van der Waals surface area contributed by atoms with E-state index in [1.165, 1.54) is 23.5 Å². The van der Waals surface area contributed by atoms with E-state index in [9.17, 15) is 13.2 Å². The number of carbonyl (C=O) groups excluding carboxylic acids is 1. The maximum absolute atomic E-state index is 12.1. The Labute approximate surface area is 150 Å². The zero-order valence-electron chi connectivity index (χ0n) is 13.5. The molecule has 0 atom stereocenters. The number of benzene rings is 2. The van der Waals surface area contributed by atoms with Crippen molar-refractivity contribution in [3.63, 3.8) is 0 Å². The minimum absolute atomic E-state index is 0.164. The van der Waals surface area contributed by atoms with Crippen LogP contribution in [-0.4, -0.2) is 25.6 Å². The summed E-state index contributed by atoms with van der Waals surface area (Å²) in [5.74, 6) is -0.197. The quantitative estimate of drug-likeness (QED) is 0.745. The smallest absolute Gasteiger partial charge is 0.230 e. The Bertz CT molecular complexity index is 979. The van der Waals surface area contributed by atoms with Crippen molar-refractivity contribution >= 4 is 32.8 Å². The molecule has 0 radical (unpaired) electrons. The lowest BCUT2D eigenvalue weighted by atomic mass is 10.2. The molecule has 0 saturated carbocycles. The van der Waals surface area contributed by atoms with Crippen LogP contribution >= 0.6 is 11.3 Å². The number of rotatable bonds is 5. The Balaban J connectivity index is 1.64. The van der Waals surface area contributed by atoms with Crippen LogP contribution in [0, 0.1) is 0 Å². The van der Waals surface area contributed by atoms with Crippen molar-refractivity contribution in [2.24, 2.45) is 0 Å². The Morgan fingerprint density at radius 3 is 2.40 bits per heavy atom. The first kappa shape index (κ1) is 17.3. The molecule has 1 N–H and O–H groups in total. The number of hydrogen-bond acceptors (Lipinski definition) is 5. The van der Waals surface area contributed by atoms with Gasteiger partial charge in [-0.1, -0.05) is 30.3 Å². The predicted octanol–water partition coefficient (Wildman–Crippen LogP) is 3.39. The number of nitrogens with zero attached hydrogens (tertiary/aromatic N) is 1. The molecule has 0 aliphatic heterocycles. The molecule has 0 aliphatic rings. The van der Waals surface area contributed by atoms with Crippen LogP contribution in [0.1, 0.15) is 5.69 Å². The zero-order valence-corrected chi connectivity index (χ0v) is 15.1. The Hall–Kier alpha value is -2.51. The average molecular weight is 372 g/mol. The average Bonchev–Trinajstić information content (AvgIpc) is 3.03. The van der Waals surface area contributed by atoms with Crippen molar-refractivity contribution in [1.82, 2.24) is 4.98 Å². The second-order valence-corrected chi connectivity index (χ2v) is 8.41. The lowest BCUT2D eigenvalue weighted by Gasteiger charge is -2.05. The first-order chi connectivity index (χ1) is 11.9. The predicted molar refractivity (Wildman–Crippen MR) is 99.4 cm³/mol. The van der Waals surface area contributed by atoms with Gasteiger partial charge in [0.1, 0.15) is 5.01 Å². The normalized spacial score (nSPS) is 11.2. The molecule has 0 fully saturated rings. The van der Waals surface area contributed by atoms with Crippen molar-refractivity contribution in [3.05, 3.63) is 65.7 Å². The van der Waals surface area contributed by atoms with Gasteiger partial charge in [0.15, 0.2) is 9.84 Å². The fourth-order valence-corrected chi connectivity index (χ4v) is 3.71. The molecule has 1 aromatic heterocycles. The number of carbonyl (C=O) groups is 1. The molecule has 1 amide bonds. The van der Waals surface area contributed by atoms with E-state index in [4.69, 9.17) is 0 Å². The molecule has 3 aromatic rings. The van der Waals surface area contributed by atoms with Gasteiger partial charge in [-0.3, -0.25) is 4.79 Å². The third-order valence-electron chi connectivity index (χ3n) is 3.48. The van der Waals surface area contributed by atoms with Crippen LogP contribution in [-0.2, 0) is 21.1 Å². The van der Waals surface area contributed by atoms with E-state index in [0.717, 1.165) is 16.8 Å². The third kappa shape index (κ3) is 4.52. The standard InChI is InChI=1S/C18H16N2O3S2/c1-25(22,23)16-9-7-14(8-10-16)19-17(21)11-15-12-24-18(20-15)13-5-3-2-4-6-13/h2-10,12H,11H2,1H3,(H,19,21). The highest BCUT2D eigenvalue weighted by atomic mass is 32.2.